The molecule has 0 aromatic heterocycles. The van der Waals surface area contributed by atoms with Gasteiger partial charge in [-0.2, -0.15) is 0 Å². The van der Waals surface area contributed by atoms with Crippen molar-refractivity contribution in [1.29, 1.82) is 0 Å². The summed E-state index contributed by atoms with van der Waals surface area (Å²) in [6, 6.07) is 18.0. The third kappa shape index (κ3) is 4.08. The van der Waals surface area contributed by atoms with E-state index in [1.165, 1.54) is 5.56 Å². The largest absolute Gasteiger partial charge is 0.355 e. The average Bonchev–Trinajstić information content (AvgIpc) is 3.44. The van der Waals surface area contributed by atoms with E-state index in [1.807, 2.05) is 61.5 Å². The van der Waals surface area contributed by atoms with Crippen LogP contribution in [0, 0.1) is 12.3 Å². The second-order valence-electron chi connectivity index (χ2n) is 6.68. The van der Waals surface area contributed by atoms with Gasteiger partial charge in [0.15, 0.2) is 0 Å². The van der Waals surface area contributed by atoms with Crippen LogP contribution < -0.4 is 10.6 Å². The van der Waals surface area contributed by atoms with Crippen LogP contribution in [0.25, 0.3) is 0 Å². The third-order valence-corrected chi connectivity index (χ3v) is 4.86. The Morgan fingerprint density at radius 1 is 0.920 bits per heavy atom. The molecule has 0 bridgehead atoms. The fraction of sp³-hybridized carbons (Fsp3) is 0.333. The number of carbonyl (C=O) groups is 2. The van der Waals surface area contributed by atoms with Gasteiger partial charge in [0.1, 0.15) is 5.41 Å². The van der Waals surface area contributed by atoms with Gasteiger partial charge in [-0.15, -0.1) is 0 Å². The summed E-state index contributed by atoms with van der Waals surface area (Å²) in [7, 11) is 0. The minimum absolute atomic E-state index is 0.147. The highest BCUT2D eigenvalue weighted by molar-refractivity contribution is 6.07. The molecule has 4 heteroatoms. The predicted molar refractivity (Wildman–Crippen MR) is 97.8 cm³/mol. The molecule has 0 saturated heterocycles. The minimum Gasteiger partial charge on any atom is -0.355 e. The Morgan fingerprint density at radius 2 is 1.56 bits per heavy atom. The van der Waals surface area contributed by atoms with E-state index in [0.29, 0.717) is 25.9 Å². The molecule has 0 atom stereocenters. The van der Waals surface area contributed by atoms with Crippen molar-refractivity contribution in [1.82, 2.24) is 10.6 Å². The van der Waals surface area contributed by atoms with E-state index in [-0.39, 0.29) is 11.8 Å². The van der Waals surface area contributed by atoms with E-state index in [2.05, 4.69) is 10.6 Å². The van der Waals surface area contributed by atoms with Crippen LogP contribution in [0.15, 0.2) is 54.6 Å². The first-order valence-corrected chi connectivity index (χ1v) is 8.77. The first-order chi connectivity index (χ1) is 12.1. The van der Waals surface area contributed by atoms with Crippen molar-refractivity contribution in [2.75, 3.05) is 6.54 Å². The van der Waals surface area contributed by atoms with E-state index in [0.717, 1.165) is 17.5 Å². The topological polar surface area (TPSA) is 58.2 Å². The Balaban J connectivity index is 1.50. The number of benzene rings is 2. The Labute approximate surface area is 148 Å². The number of carbonyl (C=O) groups excluding carboxylic acids is 2. The lowest BCUT2D eigenvalue weighted by atomic mass is 10.0. The highest BCUT2D eigenvalue weighted by atomic mass is 16.2. The van der Waals surface area contributed by atoms with Gasteiger partial charge < -0.3 is 10.6 Å². The van der Waals surface area contributed by atoms with Crippen LogP contribution >= 0.6 is 0 Å². The first-order valence-electron chi connectivity index (χ1n) is 8.77. The zero-order valence-electron chi connectivity index (χ0n) is 14.5. The summed E-state index contributed by atoms with van der Waals surface area (Å²) in [4.78, 5) is 25.0. The molecule has 130 valence electrons. The van der Waals surface area contributed by atoms with Crippen LogP contribution in [-0.4, -0.2) is 18.4 Å². The lowest BCUT2D eigenvalue weighted by Gasteiger charge is -2.16. The number of amides is 2. The van der Waals surface area contributed by atoms with Gasteiger partial charge in [0.25, 0.3) is 0 Å². The van der Waals surface area contributed by atoms with E-state index in [9.17, 15) is 9.59 Å². The minimum atomic E-state index is -0.862. The molecule has 0 unspecified atom stereocenters. The zero-order valence-corrected chi connectivity index (χ0v) is 14.5. The molecule has 1 saturated carbocycles. The van der Waals surface area contributed by atoms with Crippen LogP contribution in [0.2, 0.25) is 0 Å². The number of hydrogen-bond donors (Lipinski definition) is 2. The van der Waals surface area contributed by atoms with E-state index >= 15 is 0 Å². The van der Waals surface area contributed by atoms with E-state index in [4.69, 9.17) is 0 Å². The molecule has 0 radical (unpaired) electrons. The van der Waals surface area contributed by atoms with Gasteiger partial charge in [-0.3, -0.25) is 9.59 Å². The molecule has 0 spiro atoms. The van der Waals surface area contributed by atoms with Crippen molar-refractivity contribution >= 4 is 11.8 Å². The maximum Gasteiger partial charge on any atom is 0.235 e. The highest BCUT2D eigenvalue weighted by Crippen LogP contribution is 2.46. The molecule has 0 aliphatic heterocycles. The van der Waals surface area contributed by atoms with Crippen LogP contribution in [0.4, 0.5) is 0 Å². The molecule has 2 N–H and O–H groups in total. The van der Waals surface area contributed by atoms with Gasteiger partial charge in [-0.1, -0.05) is 54.6 Å². The molecular weight excluding hydrogens is 312 g/mol. The summed E-state index contributed by atoms with van der Waals surface area (Å²) in [6.45, 7) is 3.03. The summed E-state index contributed by atoms with van der Waals surface area (Å²) in [5, 5.41) is 5.86. The normalized spacial score (nSPS) is 14.6. The fourth-order valence-electron chi connectivity index (χ4n) is 2.97. The summed E-state index contributed by atoms with van der Waals surface area (Å²) >= 11 is 0. The molecule has 2 amide bonds. The molecule has 1 aliphatic rings. The van der Waals surface area contributed by atoms with Gasteiger partial charge in [-0.25, -0.2) is 0 Å². The lowest BCUT2D eigenvalue weighted by Crippen LogP contribution is -2.43. The summed E-state index contributed by atoms with van der Waals surface area (Å²) in [5.41, 5.74) is 2.53. The number of rotatable bonds is 7. The second kappa shape index (κ2) is 7.51. The van der Waals surface area contributed by atoms with Crippen molar-refractivity contribution < 1.29 is 9.59 Å². The van der Waals surface area contributed by atoms with Crippen molar-refractivity contribution in [3.63, 3.8) is 0 Å². The Kier molecular flexibility index (Phi) is 5.17. The summed E-state index contributed by atoms with van der Waals surface area (Å²) in [5.74, 6) is -0.307. The van der Waals surface area contributed by atoms with Crippen molar-refractivity contribution in [3.05, 3.63) is 71.3 Å². The van der Waals surface area contributed by atoms with Crippen molar-refractivity contribution in [2.24, 2.45) is 5.41 Å². The van der Waals surface area contributed by atoms with Crippen LogP contribution in [0.3, 0.4) is 0 Å². The molecule has 2 aromatic rings. The van der Waals surface area contributed by atoms with Crippen LogP contribution in [-0.2, 0) is 22.6 Å². The molecule has 2 aromatic carbocycles. The van der Waals surface area contributed by atoms with Crippen LogP contribution in [0.5, 0.6) is 0 Å². The van der Waals surface area contributed by atoms with Gasteiger partial charge in [0.2, 0.25) is 11.8 Å². The fourth-order valence-corrected chi connectivity index (χ4v) is 2.97. The predicted octanol–water partition coefficient (Wildman–Crippen LogP) is 2.75. The standard InChI is InChI=1S/C21H24N2O2/c1-16-7-5-6-10-18(16)15-23-20(25)21(12-13-21)19(24)22-14-11-17-8-3-2-4-9-17/h2-10H,11-15H2,1H3,(H,22,24)(H,23,25). The number of hydrogen-bond acceptors (Lipinski definition) is 2. The third-order valence-electron chi connectivity index (χ3n) is 4.86. The quantitative estimate of drug-likeness (QED) is 0.764. The summed E-state index contributed by atoms with van der Waals surface area (Å²) in [6.07, 6.45) is 2.03. The molecule has 1 aliphatic carbocycles. The molecule has 1 fully saturated rings. The van der Waals surface area contributed by atoms with Crippen LogP contribution in [0.1, 0.15) is 29.5 Å². The lowest BCUT2D eigenvalue weighted by molar-refractivity contribution is -0.137. The van der Waals surface area contributed by atoms with Crippen molar-refractivity contribution in [3.8, 4) is 0 Å². The Bertz CT molecular complexity index is 752. The Morgan fingerprint density at radius 3 is 2.24 bits per heavy atom. The molecular formula is C21H24N2O2. The Hall–Kier alpha value is -2.62. The zero-order chi connectivity index (χ0) is 17.7. The van der Waals surface area contributed by atoms with Gasteiger partial charge in [0, 0.05) is 13.1 Å². The van der Waals surface area contributed by atoms with Crippen molar-refractivity contribution in [2.45, 2.75) is 32.7 Å². The number of aryl methyl sites for hydroxylation is 1. The number of nitrogens with one attached hydrogen (secondary N) is 2. The SMILES string of the molecule is Cc1ccccc1CNC(=O)C1(C(=O)NCCc2ccccc2)CC1. The molecule has 25 heavy (non-hydrogen) atoms. The van der Waals surface area contributed by atoms with Gasteiger partial charge >= 0.3 is 0 Å². The molecule has 4 nitrogen and oxygen atoms in total. The average molecular weight is 336 g/mol. The first kappa shape index (κ1) is 17.2. The van der Waals surface area contributed by atoms with E-state index in [1.54, 1.807) is 0 Å². The smallest absolute Gasteiger partial charge is 0.235 e. The van der Waals surface area contributed by atoms with Gasteiger partial charge in [-0.05, 0) is 42.9 Å². The second-order valence-corrected chi connectivity index (χ2v) is 6.68. The highest BCUT2D eigenvalue weighted by Gasteiger charge is 2.56. The maximum absolute atomic E-state index is 12.5. The van der Waals surface area contributed by atoms with E-state index < -0.39 is 5.41 Å². The maximum atomic E-state index is 12.5. The van der Waals surface area contributed by atoms with Gasteiger partial charge in [0.05, 0.1) is 0 Å². The molecule has 0 heterocycles. The summed E-state index contributed by atoms with van der Waals surface area (Å²) < 4.78 is 0. The molecule has 3 rings (SSSR count). The monoisotopic (exact) mass is 336 g/mol.